The van der Waals surface area contributed by atoms with Crippen LogP contribution in [0.5, 0.6) is 0 Å². The Balaban J connectivity index is 1.92. The summed E-state index contributed by atoms with van der Waals surface area (Å²) in [6, 6.07) is 8.96. The molecule has 1 aromatic carbocycles. The van der Waals surface area contributed by atoms with Crippen LogP contribution in [0, 0.1) is 11.3 Å². The third-order valence-electron chi connectivity index (χ3n) is 4.48. The third-order valence-corrected chi connectivity index (χ3v) is 4.48. The summed E-state index contributed by atoms with van der Waals surface area (Å²) in [5.41, 5.74) is 5.70. The molecular weight excluding hydrogens is 298 g/mol. The molecule has 4 nitrogen and oxygen atoms in total. The first kappa shape index (κ1) is 18.0. The summed E-state index contributed by atoms with van der Waals surface area (Å²) in [6.45, 7) is 8.68. The van der Waals surface area contributed by atoms with Crippen LogP contribution >= 0.6 is 0 Å². The maximum atomic E-state index is 11.8. The van der Waals surface area contributed by atoms with Gasteiger partial charge >= 0.3 is 6.03 Å². The van der Waals surface area contributed by atoms with Crippen molar-refractivity contribution in [1.29, 1.82) is 0 Å². The molecule has 1 aromatic rings. The van der Waals surface area contributed by atoms with Crippen LogP contribution in [0.15, 0.2) is 59.2 Å². The fourth-order valence-corrected chi connectivity index (χ4v) is 3.08. The van der Waals surface area contributed by atoms with Crippen molar-refractivity contribution < 1.29 is 4.79 Å². The minimum absolute atomic E-state index is 0.258. The molecule has 1 aliphatic rings. The number of carbonyl (C=O) groups excluding carboxylic acids is 1. The van der Waals surface area contributed by atoms with Crippen LogP contribution in [0.2, 0.25) is 0 Å². The molecule has 0 saturated heterocycles. The maximum Gasteiger partial charge on any atom is 0.339 e. The van der Waals surface area contributed by atoms with E-state index in [0.29, 0.717) is 5.92 Å². The van der Waals surface area contributed by atoms with Gasteiger partial charge in [0.25, 0.3) is 0 Å². The zero-order chi connectivity index (χ0) is 17.6. The zero-order valence-corrected chi connectivity index (χ0v) is 15.0. The highest BCUT2D eigenvalue weighted by molar-refractivity contribution is 5.95. The van der Waals surface area contributed by atoms with E-state index in [1.54, 1.807) is 0 Å². The number of anilines is 1. The van der Waals surface area contributed by atoms with Crippen molar-refractivity contribution in [3.8, 4) is 0 Å². The molecule has 0 heterocycles. The lowest BCUT2D eigenvalue weighted by Crippen LogP contribution is -2.26. The molecule has 0 spiro atoms. The summed E-state index contributed by atoms with van der Waals surface area (Å²) in [5.74, 6) is 0.412. The molecular formula is C20H27N3O. The summed E-state index contributed by atoms with van der Waals surface area (Å²) in [4.78, 5) is 11.8. The number of amides is 2. The van der Waals surface area contributed by atoms with Gasteiger partial charge in [-0.2, -0.15) is 5.10 Å². The largest absolute Gasteiger partial charge is 0.339 e. The van der Waals surface area contributed by atoms with Gasteiger partial charge in [-0.15, -0.1) is 0 Å². The second-order valence-electron chi connectivity index (χ2n) is 7.00. The average molecular weight is 325 g/mol. The van der Waals surface area contributed by atoms with E-state index in [2.05, 4.69) is 48.8 Å². The van der Waals surface area contributed by atoms with Gasteiger partial charge in [-0.1, -0.05) is 49.8 Å². The lowest BCUT2D eigenvalue weighted by molar-refractivity contribution is 0.252. The summed E-state index contributed by atoms with van der Waals surface area (Å²) >= 11 is 0. The highest BCUT2D eigenvalue weighted by Crippen LogP contribution is 2.41. The van der Waals surface area contributed by atoms with Gasteiger partial charge in [0.05, 0.1) is 5.71 Å². The molecule has 0 fully saturated rings. The fraction of sp³-hybridized carbons (Fsp3) is 0.400. The minimum Gasteiger partial charge on any atom is -0.307 e. The van der Waals surface area contributed by atoms with Gasteiger partial charge in [-0.05, 0) is 50.3 Å². The topological polar surface area (TPSA) is 53.5 Å². The quantitative estimate of drug-likeness (QED) is 0.450. The van der Waals surface area contributed by atoms with Crippen LogP contribution in [-0.2, 0) is 0 Å². The van der Waals surface area contributed by atoms with Crippen LogP contribution in [0.4, 0.5) is 10.5 Å². The Morgan fingerprint density at radius 3 is 2.67 bits per heavy atom. The fourth-order valence-electron chi connectivity index (χ4n) is 3.08. The predicted octanol–water partition coefficient (Wildman–Crippen LogP) is 5.12. The number of hydrogen-bond donors (Lipinski definition) is 2. The second kappa shape index (κ2) is 7.95. The lowest BCUT2D eigenvalue weighted by Gasteiger charge is -2.36. The Bertz CT molecular complexity index is 657. The second-order valence-corrected chi connectivity index (χ2v) is 7.00. The van der Waals surface area contributed by atoms with Gasteiger partial charge < -0.3 is 5.32 Å². The Morgan fingerprint density at radius 1 is 1.29 bits per heavy atom. The van der Waals surface area contributed by atoms with Gasteiger partial charge in [0.15, 0.2) is 0 Å². The van der Waals surface area contributed by atoms with Crippen molar-refractivity contribution in [2.75, 3.05) is 5.32 Å². The molecule has 2 amide bonds. The zero-order valence-electron chi connectivity index (χ0n) is 15.0. The molecule has 1 aliphatic carbocycles. The Kier molecular flexibility index (Phi) is 5.96. The first-order valence-electron chi connectivity index (χ1n) is 8.40. The monoisotopic (exact) mass is 325 g/mol. The van der Waals surface area contributed by atoms with Crippen LogP contribution in [0.25, 0.3) is 0 Å². The lowest BCUT2D eigenvalue weighted by atomic mass is 9.68. The van der Waals surface area contributed by atoms with Crippen molar-refractivity contribution in [3.63, 3.8) is 0 Å². The van der Waals surface area contributed by atoms with Gasteiger partial charge in [-0.25, -0.2) is 10.2 Å². The van der Waals surface area contributed by atoms with E-state index in [1.807, 2.05) is 43.3 Å². The van der Waals surface area contributed by atoms with Crippen LogP contribution in [0.1, 0.15) is 40.5 Å². The summed E-state index contributed by atoms with van der Waals surface area (Å²) < 4.78 is 0. The Labute approximate surface area is 144 Å². The van der Waals surface area contributed by atoms with Gasteiger partial charge in [0.1, 0.15) is 0 Å². The van der Waals surface area contributed by atoms with Crippen LogP contribution in [0.3, 0.4) is 0 Å². The number of nitrogens with one attached hydrogen (secondary N) is 2. The molecule has 4 heteroatoms. The summed E-state index contributed by atoms with van der Waals surface area (Å²) in [7, 11) is 0. The smallest absolute Gasteiger partial charge is 0.307 e. The van der Waals surface area contributed by atoms with Crippen molar-refractivity contribution in [3.05, 3.63) is 54.1 Å². The number of hydrogen-bond acceptors (Lipinski definition) is 2. The van der Waals surface area contributed by atoms with E-state index in [9.17, 15) is 4.79 Å². The summed E-state index contributed by atoms with van der Waals surface area (Å²) in [6.07, 6.45) is 8.83. The van der Waals surface area contributed by atoms with E-state index in [0.717, 1.165) is 17.8 Å². The van der Waals surface area contributed by atoms with E-state index in [4.69, 9.17) is 0 Å². The van der Waals surface area contributed by atoms with E-state index >= 15 is 0 Å². The van der Waals surface area contributed by atoms with Gasteiger partial charge in [0, 0.05) is 11.6 Å². The number of hydrazone groups is 1. The van der Waals surface area contributed by atoms with E-state index in [1.165, 1.54) is 12.0 Å². The molecule has 0 aromatic heterocycles. The molecule has 24 heavy (non-hydrogen) atoms. The number of allylic oxidation sites excluding steroid dienone is 4. The molecule has 0 unspecified atom stereocenters. The van der Waals surface area contributed by atoms with Gasteiger partial charge in [0.2, 0.25) is 0 Å². The Morgan fingerprint density at radius 2 is 2.00 bits per heavy atom. The number of urea groups is 1. The van der Waals surface area contributed by atoms with Crippen LogP contribution in [-0.4, -0.2) is 11.7 Å². The molecule has 2 rings (SSSR count). The van der Waals surface area contributed by atoms with E-state index in [-0.39, 0.29) is 11.4 Å². The van der Waals surface area contributed by atoms with Crippen molar-refractivity contribution in [2.24, 2.45) is 16.4 Å². The SMILES string of the molecule is CC1=CCCC(C)(C)[C@@H]1/C=C\C(C)=N\NC(=O)Nc1ccccc1. The molecule has 128 valence electrons. The molecule has 2 N–H and O–H groups in total. The standard InChI is InChI=1S/C20H27N3O/c1-15-9-8-14-20(3,4)18(15)13-12-16(2)22-23-19(24)21-17-10-6-5-7-11-17/h5-7,9-13,18H,8,14H2,1-4H3,(H2,21,23,24)/b13-12-,22-16+/t18-/m1/s1. The first-order valence-corrected chi connectivity index (χ1v) is 8.40. The number of benzene rings is 1. The highest BCUT2D eigenvalue weighted by Gasteiger charge is 2.30. The number of para-hydroxylation sites is 1. The van der Waals surface area contributed by atoms with Crippen molar-refractivity contribution in [2.45, 2.75) is 40.5 Å². The molecule has 0 radical (unpaired) electrons. The normalized spacial score (nSPS) is 20.6. The number of rotatable bonds is 4. The van der Waals surface area contributed by atoms with Crippen molar-refractivity contribution >= 4 is 17.4 Å². The van der Waals surface area contributed by atoms with E-state index < -0.39 is 0 Å². The third kappa shape index (κ3) is 5.08. The average Bonchev–Trinajstić information content (AvgIpc) is 2.53. The molecule has 0 bridgehead atoms. The number of carbonyl (C=O) groups is 1. The molecule has 0 saturated carbocycles. The predicted molar refractivity (Wildman–Crippen MR) is 101 cm³/mol. The summed E-state index contributed by atoms with van der Waals surface area (Å²) in [5, 5.41) is 6.86. The minimum atomic E-state index is -0.344. The first-order chi connectivity index (χ1) is 11.4. The van der Waals surface area contributed by atoms with Gasteiger partial charge in [-0.3, -0.25) is 0 Å². The van der Waals surface area contributed by atoms with Crippen molar-refractivity contribution in [1.82, 2.24) is 5.43 Å². The van der Waals surface area contributed by atoms with Crippen LogP contribution < -0.4 is 10.7 Å². The number of nitrogens with zero attached hydrogens (tertiary/aromatic N) is 1. The maximum absolute atomic E-state index is 11.8. The molecule has 1 atom stereocenters. The molecule has 0 aliphatic heterocycles. The Hall–Kier alpha value is -2.36. The highest BCUT2D eigenvalue weighted by atomic mass is 16.2.